The Morgan fingerprint density at radius 2 is 1.69 bits per heavy atom. The van der Waals surface area contributed by atoms with Gasteiger partial charge in [-0.15, -0.1) is 0 Å². The summed E-state index contributed by atoms with van der Waals surface area (Å²) in [5.41, 5.74) is 2.95. The third-order valence-electron chi connectivity index (χ3n) is 3.53. The van der Waals surface area contributed by atoms with E-state index in [1.54, 1.807) is 23.5 Å². The molecule has 0 aliphatic heterocycles. The molecule has 0 heterocycles. The number of anilines is 1. The van der Waals surface area contributed by atoms with Gasteiger partial charge in [0.05, 0.1) is 0 Å². The van der Waals surface area contributed by atoms with Crippen molar-refractivity contribution in [1.82, 2.24) is 5.32 Å². The number of halogens is 3. The number of amides is 2. The molecule has 0 fully saturated rings. The van der Waals surface area contributed by atoms with E-state index < -0.39 is 12.1 Å². The Kier molecular flexibility index (Phi) is 6.16. The number of hydrogen-bond donors (Lipinski definition) is 2. The van der Waals surface area contributed by atoms with Crippen molar-refractivity contribution in [3.63, 3.8) is 0 Å². The molecule has 0 bridgehead atoms. The SMILES string of the molecule is Cc1ccccc1/C=C/C(=O)Nc1ccc(CNC(=O)C(F)(F)F)cc1. The van der Waals surface area contributed by atoms with E-state index in [0.717, 1.165) is 11.1 Å². The van der Waals surface area contributed by atoms with Crippen molar-refractivity contribution >= 4 is 23.6 Å². The molecule has 0 unspecified atom stereocenters. The fraction of sp³-hybridized carbons (Fsp3) is 0.158. The predicted octanol–water partition coefficient (Wildman–Crippen LogP) is 3.83. The van der Waals surface area contributed by atoms with Crippen LogP contribution in [0.4, 0.5) is 18.9 Å². The van der Waals surface area contributed by atoms with Crippen molar-refractivity contribution in [2.45, 2.75) is 19.6 Å². The summed E-state index contributed by atoms with van der Waals surface area (Å²) < 4.78 is 36.3. The van der Waals surface area contributed by atoms with Gasteiger partial charge in [0.25, 0.3) is 0 Å². The standard InChI is InChI=1S/C19H17F3N2O2/c1-13-4-2-3-5-15(13)8-11-17(25)24-16-9-6-14(7-10-16)12-23-18(26)19(20,21)22/h2-11H,12H2,1H3,(H,23,26)(H,24,25)/b11-8+. The van der Waals surface area contributed by atoms with E-state index in [2.05, 4.69) is 5.32 Å². The van der Waals surface area contributed by atoms with Crippen LogP contribution in [-0.4, -0.2) is 18.0 Å². The summed E-state index contributed by atoms with van der Waals surface area (Å²) in [6, 6.07) is 13.8. The van der Waals surface area contributed by atoms with Gasteiger partial charge in [-0.25, -0.2) is 0 Å². The van der Waals surface area contributed by atoms with Crippen LogP contribution >= 0.6 is 0 Å². The van der Waals surface area contributed by atoms with Crippen molar-refractivity contribution in [2.24, 2.45) is 0 Å². The van der Waals surface area contributed by atoms with Crippen molar-refractivity contribution in [3.8, 4) is 0 Å². The minimum absolute atomic E-state index is 0.250. The Labute approximate surface area is 148 Å². The molecule has 0 radical (unpaired) electrons. The summed E-state index contributed by atoms with van der Waals surface area (Å²) in [4.78, 5) is 22.7. The predicted molar refractivity (Wildman–Crippen MR) is 93.2 cm³/mol. The largest absolute Gasteiger partial charge is 0.471 e. The van der Waals surface area contributed by atoms with Gasteiger partial charge < -0.3 is 10.6 Å². The monoisotopic (exact) mass is 362 g/mol. The molecule has 0 spiro atoms. The zero-order valence-electron chi connectivity index (χ0n) is 13.9. The fourth-order valence-corrected chi connectivity index (χ4v) is 2.11. The molecule has 2 amide bonds. The first-order chi connectivity index (χ1) is 12.3. The van der Waals surface area contributed by atoms with Gasteiger partial charge in [-0.1, -0.05) is 36.4 Å². The van der Waals surface area contributed by atoms with E-state index in [-0.39, 0.29) is 12.5 Å². The average molecular weight is 362 g/mol. The van der Waals surface area contributed by atoms with Crippen molar-refractivity contribution in [3.05, 3.63) is 71.3 Å². The summed E-state index contributed by atoms with van der Waals surface area (Å²) in [6.07, 6.45) is -1.80. The highest BCUT2D eigenvalue weighted by Crippen LogP contribution is 2.15. The first-order valence-corrected chi connectivity index (χ1v) is 7.74. The number of alkyl halides is 3. The molecule has 0 atom stereocenters. The van der Waals surface area contributed by atoms with Crippen molar-refractivity contribution in [2.75, 3.05) is 5.32 Å². The maximum Gasteiger partial charge on any atom is 0.471 e. The van der Waals surface area contributed by atoms with E-state index in [0.29, 0.717) is 11.3 Å². The molecule has 26 heavy (non-hydrogen) atoms. The zero-order chi connectivity index (χ0) is 19.2. The minimum Gasteiger partial charge on any atom is -0.344 e. The van der Waals surface area contributed by atoms with E-state index >= 15 is 0 Å². The third kappa shape index (κ3) is 5.77. The lowest BCUT2D eigenvalue weighted by molar-refractivity contribution is -0.173. The minimum atomic E-state index is -4.91. The number of benzene rings is 2. The van der Waals surface area contributed by atoms with Crippen molar-refractivity contribution < 1.29 is 22.8 Å². The fourth-order valence-electron chi connectivity index (χ4n) is 2.11. The van der Waals surface area contributed by atoms with Crippen LogP contribution in [0.15, 0.2) is 54.6 Å². The number of carbonyl (C=O) groups is 2. The summed E-state index contributed by atoms with van der Waals surface area (Å²) in [5.74, 6) is -2.32. The molecule has 2 aromatic carbocycles. The summed E-state index contributed by atoms with van der Waals surface area (Å²) >= 11 is 0. The first kappa shape index (κ1) is 19.2. The van der Waals surface area contributed by atoms with Crippen LogP contribution in [0.2, 0.25) is 0 Å². The smallest absolute Gasteiger partial charge is 0.344 e. The van der Waals surface area contributed by atoms with Crippen molar-refractivity contribution in [1.29, 1.82) is 0 Å². The van der Waals surface area contributed by atoms with E-state index in [1.165, 1.54) is 18.2 Å². The Bertz CT molecular complexity index is 812. The molecule has 7 heteroatoms. The molecule has 0 aliphatic carbocycles. The average Bonchev–Trinajstić information content (AvgIpc) is 2.59. The molecule has 0 aliphatic rings. The Balaban J connectivity index is 1.89. The lowest BCUT2D eigenvalue weighted by Crippen LogP contribution is -2.36. The van der Waals surface area contributed by atoms with Gasteiger partial charge in [0.1, 0.15) is 0 Å². The van der Waals surface area contributed by atoms with E-state index in [1.807, 2.05) is 31.2 Å². The molecular formula is C19H17F3N2O2. The number of aryl methyl sites for hydroxylation is 1. The first-order valence-electron chi connectivity index (χ1n) is 7.74. The highest BCUT2D eigenvalue weighted by atomic mass is 19.4. The Morgan fingerprint density at radius 3 is 2.31 bits per heavy atom. The maximum atomic E-state index is 12.1. The number of carbonyl (C=O) groups excluding carboxylic acids is 2. The maximum absolute atomic E-state index is 12.1. The second-order valence-electron chi connectivity index (χ2n) is 5.56. The quantitative estimate of drug-likeness (QED) is 0.795. The molecule has 0 saturated heterocycles. The van der Waals surface area contributed by atoms with Gasteiger partial charge in [0.15, 0.2) is 0 Å². The highest BCUT2D eigenvalue weighted by molar-refractivity contribution is 6.02. The van der Waals surface area contributed by atoms with Crippen LogP contribution in [-0.2, 0) is 16.1 Å². The number of hydrogen-bond acceptors (Lipinski definition) is 2. The summed E-state index contributed by atoms with van der Waals surface area (Å²) in [6.45, 7) is 1.69. The van der Waals surface area contributed by atoms with Crippen LogP contribution in [0.25, 0.3) is 6.08 Å². The zero-order valence-corrected chi connectivity index (χ0v) is 13.9. The summed E-state index contributed by atoms with van der Waals surface area (Å²) in [5, 5.41) is 4.44. The van der Waals surface area contributed by atoms with E-state index in [9.17, 15) is 22.8 Å². The molecule has 2 rings (SSSR count). The molecular weight excluding hydrogens is 345 g/mol. The van der Waals surface area contributed by atoms with Gasteiger partial charge in [-0.05, 0) is 41.8 Å². The van der Waals surface area contributed by atoms with Gasteiger partial charge in [-0.3, -0.25) is 9.59 Å². The van der Waals surface area contributed by atoms with Crippen LogP contribution in [0, 0.1) is 6.92 Å². The van der Waals surface area contributed by atoms with E-state index in [4.69, 9.17) is 0 Å². The van der Waals surface area contributed by atoms with Crippen LogP contribution in [0.1, 0.15) is 16.7 Å². The molecule has 2 N–H and O–H groups in total. The normalized spacial score (nSPS) is 11.4. The van der Waals surface area contributed by atoms with Gasteiger partial charge >= 0.3 is 12.1 Å². The lowest BCUT2D eigenvalue weighted by atomic mass is 10.1. The second-order valence-corrected chi connectivity index (χ2v) is 5.56. The topological polar surface area (TPSA) is 58.2 Å². The molecule has 4 nitrogen and oxygen atoms in total. The highest BCUT2D eigenvalue weighted by Gasteiger charge is 2.38. The molecule has 0 aromatic heterocycles. The van der Waals surface area contributed by atoms with Gasteiger partial charge in [0, 0.05) is 18.3 Å². The number of nitrogens with one attached hydrogen (secondary N) is 2. The third-order valence-corrected chi connectivity index (χ3v) is 3.53. The molecule has 2 aromatic rings. The lowest BCUT2D eigenvalue weighted by Gasteiger charge is -2.08. The molecule has 136 valence electrons. The Hall–Kier alpha value is -3.09. The summed E-state index contributed by atoms with van der Waals surface area (Å²) in [7, 11) is 0. The molecule has 0 saturated carbocycles. The second kappa shape index (κ2) is 8.33. The van der Waals surface area contributed by atoms with Crippen LogP contribution < -0.4 is 10.6 Å². The number of rotatable bonds is 5. The Morgan fingerprint density at radius 1 is 1.04 bits per heavy atom. The van der Waals surface area contributed by atoms with Gasteiger partial charge in [-0.2, -0.15) is 13.2 Å². The van der Waals surface area contributed by atoms with Gasteiger partial charge in [0.2, 0.25) is 5.91 Å². The van der Waals surface area contributed by atoms with Crippen LogP contribution in [0.3, 0.4) is 0 Å². The van der Waals surface area contributed by atoms with Crippen LogP contribution in [0.5, 0.6) is 0 Å².